The van der Waals surface area contributed by atoms with Gasteiger partial charge in [0.2, 0.25) is 5.75 Å². The zero-order valence-electron chi connectivity index (χ0n) is 12.5. The molecule has 0 amide bonds. The summed E-state index contributed by atoms with van der Waals surface area (Å²) in [6.45, 7) is 5.12. The summed E-state index contributed by atoms with van der Waals surface area (Å²) in [5, 5.41) is 0. The Morgan fingerprint density at radius 1 is 1.14 bits per heavy atom. The van der Waals surface area contributed by atoms with Gasteiger partial charge in [0.25, 0.3) is 0 Å². The maximum absolute atomic E-state index is 11.9. The van der Waals surface area contributed by atoms with Crippen LogP contribution < -0.4 is 14.2 Å². The third-order valence-electron chi connectivity index (χ3n) is 2.66. The molecule has 0 N–H and O–H groups in total. The van der Waals surface area contributed by atoms with E-state index in [1.165, 1.54) is 40.1 Å². The highest BCUT2D eigenvalue weighted by molar-refractivity contribution is 5.90. The SMILES string of the molecule is [CH2]CCC[CH]OOC(=O)c1cc(OC)c(OC)c(OC)c1. The number of ether oxygens (including phenoxy) is 3. The first-order valence-corrected chi connectivity index (χ1v) is 6.46. The Kier molecular flexibility index (Phi) is 7.39. The van der Waals surface area contributed by atoms with E-state index in [-0.39, 0.29) is 5.56 Å². The van der Waals surface area contributed by atoms with E-state index in [2.05, 4.69) is 11.8 Å². The fourth-order valence-corrected chi connectivity index (χ4v) is 1.60. The van der Waals surface area contributed by atoms with Gasteiger partial charge in [-0.05, 0) is 18.6 Å². The highest BCUT2D eigenvalue weighted by Crippen LogP contribution is 2.38. The lowest BCUT2D eigenvalue weighted by atomic mass is 10.2. The largest absolute Gasteiger partial charge is 0.493 e. The summed E-state index contributed by atoms with van der Waals surface area (Å²) in [5.74, 6) is 0.481. The van der Waals surface area contributed by atoms with Crippen LogP contribution in [0.5, 0.6) is 17.2 Å². The first-order valence-electron chi connectivity index (χ1n) is 6.46. The van der Waals surface area contributed by atoms with Crippen molar-refractivity contribution in [3.05, 3.63) is 31.2 Å². The van der Waals surface area contributed by atoms with Gasteiger partial charge >= 0.3 is 5.97 Å². The van der Waals surface area contributed by atoms with E-state index >= 15 is 0 Å². The lowest BCUT2D eigenvalue weighted by molar-refractivity contribution is -0.213. The molecule has 0 aliphatic rings. The van der Waals surface area contributed by atoms with Crippen molar-refractivity contribution in [3.63, 3.8) is 0 Å². The molecule has 0 atom stereocenters. The van der Waals surface area contributed by atoms with E-state index in [0.717, 1.165) is 12.8 Å². The Morgan fingerprint density at radius 3 is 2.24 bits per heavy atom. The molecule has 0 bridgehead atoms. The van der Waals surface area contributed by atoms with E-state index in [4.69, 9.17) is 19.1 Å². The fraction of sp³-hybridized carbons (Fsp3) is 0.400. The second-order valence-corrected chi connectivity index (χ2v) is 4.04. The molecule has 0 aliphatic heterocycles. The maximum atomic E-state index is 11.9. The van der Waals surface area contributed by atoms with Crippen molar-refractivity contribution in [2.24, 2.45) is 0 Å². The van der Waals surface area contributed by atoms with E-state index in [1.807, 2.05) is 0 Å². The Labute approximate surface area is 124 Å². The minimum Gasteiger partial charge on any atom is -0.493 e. The summed E-state index contributed by atoms with van der Waals surface area (Å²) in [4.78, 5) is 21.3. The minimum absolute atomic E-state index is 0.232. The summed E-state index contributed by atoms with van der Waals surface area (Å²) in [6, 6.07) is 2.98. The molecular formula is C15H20O6. The number of hydrogen-bond acceptors (Lipinski definition) is 6. The van der Waals surface area contributed by atoms with Crippen LogP contribution >= 0.6 is 0 Å². The lowest BCUT2D eigenvalue weighted by Crippen LogP contribution is -2.06. The molecule has 116 valence electrons. The van der Waals surface area contributed by atoms with Gasteiger partial charge in [-0.1, -0.05) is 19.8 Å². The highest BCUT2D eigenvalue weighted by atomic mass is 17.2. The first kappa shape index (κ1) is 17.1. The van der Waals surface area contributed by atoms with Crippen molar-refractivity contribution < 1.29 is 28.8 Å². The predicted molar refractivity (Wildman–Crippen MR) is 76.1 cm³/mol. The normalized spacial score (nSPS) is 10.1. The van der Waals surface area contributed by atoms with Crippen molar-refractivity contribution >= 4 is 5.97 Å². The highest BCUT2D eigenvalue weighted by Gasteiger charge is 2.18. The third-order valence-corrected chi connectivity index (χ3v) is 2.66. The average molecular weight is 296 g/mol. The fourth-order valence-electron chi connectivity index (χ4n) is 1.60. The zero-order valence-corrected chi connectivity index (χ0v) is 12.5. The van der Waals surface area contributed by atoms with E-state index in [0.29, 0.717) is 23.7 Å². The second kappa shape index (κ2) is 9.07. The van der Waals surface area contributed by atoms with Gasteiger partial charge < -0.3 is 14.2 Å². The quantitative estimate of drug-likeness (QED) is 0.396. The molecule has 0 saturated heterocycles. The zero-order chi connectivity index (χ0) is 15.7. The van der Waals surface area contributed by atoms with Gasteiger partial charge in [-0.3, -0.25) is 4.89 Å². The van der Waals surface area contributed by atoms with Crippen LogP contribution in [0.2, 0.25) is 0 Å². The van der Waals surface area contributed by atoms with Crippen LogP contribution in [0.25, 0.3) is 0 Å². The molecule has 0 heterocycles. The number of carbonyl (C=O) groups is 1. The monoisotopic (exact) mass is 296 g/mol. The molecule has 0 fully saturated rings. The van der Waals surface area contributed by atoms with E-state index in [1.54, 1.807) is 0 Å². The van der Waals surface area contributed by atoms with Gasteiger partial charge in [0.1, 0.15) is 6.61 Å². The Morgan fingerprint density at radius 2 is 1.76 bits per heavy atom. The van der Waals surface area contributed by atoms with Gasteiger partial charge in [-0.25, -0.2) is 4.79 Å². The van der Waals surface area contributed by atoms with Crippen molar-refractivity contribution in [2.75, 3.05) is 21.3 Å². The number of unbranched alkanes of at least 4 members (excludes halogenated alkanes) is 2. The number of benzene rings is 1. The Bertz CT molecular complexity index is 432. The molecule has 21 heavy (non-hydrogen) atoms. The molecule has 0 saturated carbocycles. The minimum atomic E-state index is -0.653. The summed E-state index contributed by atoms with van der Waals surface area (Å²) in [5.41, 5.74) is 0.232. The van der Waals surface area contributed by atoms with Gasteiger partial charge in [0.05, 0.1) is 26.9 Å². The van der Waals surface area contributed by atoms with Crippen LogP contribution in [0.3, 0.4) is 0 Å². The smallest absolute Gasteiger partial charge is 0.373 e. The Balaban J connectivity index is 2.75. The molecule has 0 aromatic heterocycles. The number of methoxy groups -OCH3 is 3. The molecule has 6 heteroatoms. The van der Waals surface area contributed by atoms with Gasteiger partial charge in [-0.2, -0.15) is 4.89 Å². The summed E-state index contributed by atoms with van der Waals surface area (Å²) in [6.07, 6.45) is 2.31. The summed E-state index contributed by atoms with van der Waals surface area (Å²) in [7, 11) is 4.42. The topological polar surface area (TPSA) is 63.2 Å². The molecule has 0 unspecified atom stereocenters. The van der Waals surface area contributed by atoms with Crippen molar-refractivity contribution in [1.29, 1.82) is 0 Å². The Hall–Kier alpha value is -1.95. The molecular weight excluding hydrogens is 276 g/mol. The second-order valence-electron chi connectivity index (χ2n) is 4.04. The van der Waals surface area contributed by atoms with Gasteiger partial charge in [0.15, 0.2) is 11.5 Å². The standard InChI is InChI=1S/C15H20O6/c1-5-6-7-8-20-21-15(16)11-9-12(17-2)14(19-4)13(10-11)18-3/h8-10H,1,5-7H2,2-4H3. The van der Waals surface area contributed by atoms with Gasteiger partial charge in [0, 0.05) is 0 Å². The molecule has 0 spiro atoms. The summed E-state index contributed by atoms with van der Waals surface area (Å²) < 4.78 is 15.5. The number of carbonyl (C=O) groups excluding carboxylic acids is 1. The van der Waals surface area contributed by atoms with E-state index < -0.39 is 5.97 Å². The average Bonchev–Trinajstić information content (AvgIpc) is 2.52. The van der Waals surface area contributed by atoms with Crippen molar-refractivity contribution in [2.45, 2.75) is 19.3 Å². The molecule has 1 aromatic rings. The lowest BCUT2D eigenvalue weighted by Gasteiger charge is -2.13. The first-order chi connectivity index (χ1) is 10.2. The molecule has 0 aliphatic carbocycles. The van der Waals surface area contributed by atoms with Crippen LogP contribution in [0.15, 0.2) is 12.1 Å². The van der Waals surface area contributed by atoms with Gasteiger partial charge in [-0.15, -0.1) is 0 Å². The molecule has 1 aromatic carbocycles. The predicted octanol–water partition coefficient (Wildman–Crippen LogP) is 2.97. The maximum Gasteiger partial charge on any atom is 0.373 e. The summed E-state index contributed by atoms with van der Waals surface area (Å²) >= 11 is 0. The van der Waals surface area contributed by atoms with Crippen LogP contribution in [0, 0.1) is 13.5 Å². The molecule has 2 radical (unpaired) electrons. The number of rotatable bonds is 9. The van der Waals surface area contributed by atoms with Crippen LogP contribution in [-0.2, 0) is 9.78 Å². The molecule has 6 nitrogen and oxygen atoms in total. The van der Waals surface area contributed by atoms with Crippen LogP contribution in [-0.4, -0.2) is 27.3 Å². The van der Waals surface area contributed by atoms with Crippen LogP contribution in [0.4, 0.5) is 0 Å². The van der Waals surface area contributed by atoms with E-state index in [9.17, 15) is 4.79 Å². The van der Waals surface area contributed by atoms with Crippen molar-refractivity contribution in [3.8, 4) is 17.2 Å². The van der Waals surface area contributed by atoms with Crippen molar-refractivity contribution in [1.82, 2.24) is 0 Å². The van der Waals surface area contributed by atoms with Crippen LogP contribution in [0.1, 0.15) is 29.6 Å². The molecule has 1 rings (SSSR count). The third kappa shape index (κ3) is 4.82. The number of hydrogen-bond donors (Lipinski definition) is 0.